The second-order valence-electron chi connectivity index (χ2n) is 6.68. The number of ether oxygens (including phenoxy) is 1. The normalized spacial score (nSPS) is 23.0. The first-order chi connectivity index (χ1) is 11.6. The van der Waals surface area contributed by atoms with Gasteiger partial charge < -0.3 is 9.64 Å². The molecule has 1 unspecified atom stereocenters. The Morgan fingerprint density at radius 2 is 2.04 bits per heavy atom. The first-order valence-electron chi connectivity index (χ1n) is 8.61. The third-order valence-electron chi connectivity index (χ3n) is 4.96. The van der Waals surface area contributed by atoms with Gasteiger partial charge in [-0.2, -0.15) is 8.78 Å². The van der Waals surface area contributed by atoms with Gasteiger partial charge in [0.25, 0.3) is 5.91 Å². The van der Waals surface area contributed by atoms with Gasteiger partial charge in [0.15, 0.2) is 0 Å². The van der Waals surface area contributed by atoms with E-state index in [9.17, 15) is 13.6 Å². The van der Waals surface area contributed by atoms with Crippen LogP contribution in [0.1, 0.15) is 35.6 Å². The quantitative estimate of drug-likeness (QED) is 0.844. The molecule has 0 saturated carbocycles. The minimum absolute atomic E-state index is 0.0922. The van der Waals surface area contributed by atoms with Crippen LogP contribution >= 0.6 is 0 Å². The molecule has 1 amide bonds. The third kappa shape index (κ3) is 3.78. The number of piperidine rings is 1. The first kappa shape index (κ1) is 17.4. The van der Waals surface area contributed by atoms with Crippen LogP contribution in [0.3, 0.4) is 0 Å². The number of rotatable bonds is 4. The van der Waals surface area contributed by atoms with Crippen molar-refractivity contribution in [2.75, 3.05) is 45.9 Å². The molecule has 7 heteroatoms. The van der Waals surface area contributed by atoms with E-state index in [0.717, 1.165) is 50.3 Å². The van der Waals surface area contributed by atoms with E-state index in [4.69, 9.17) is 4.74 Å². The number of alkyl halides is 2. The second-order valence-corrected chi connectivity index (χ2v) is 6.68. The summed E-state index contributed by atoms with van der Waals surface area (Å²) >= 11 is 0. The molecule has 0 spiro atoms. The third-order valence-corrected chi connectivity index (χ3v) is 4.96. The Kier molecular flexibility index (Phi) is 5.50. The van der Waals surface area contributed by atoms with Crippen LogP contribution in [-0.4, -0.2) is 66.2 Å². The molecule has 1 aromatic heterocycles. The summed E-state index contributed by atoms with van der Waals surface area (Å²) in [6.07, 6.45) is 2.01. The van der Waals surface area contributed by atoms with Crippen LogP contribution in [0.5, 0.6) is 0 Å². The second kappa shape index (κ2) is 7.61. The maximum atomic E-state index is 13.2. The number of halogens is 2. The van der Waals surface area contributed by atoms with Gasteiger partial charge in [-0.3, -0.25) is 14.3 Å². The lowest BCUT2D eigenvalue weighted by Crippen LogP contribution is -2.46. The summed E-state index contributed by atoms with van der Waals surface area (Å²) in [6, 6.07) is 3.09. The average molecular weight is 341 g/mol. The van der Waals surface area contributed by atoms with E-state index in [1.165, 1.54) is 6.07 Å². The lowest BCUT2D eigenvalue weighted by atomic mass is 9.97. The molecule has 2 saturated heterocycles. The van der Waals surface area contributed by atoms with Crippen LogP contribution in [0, 0.1) is 12.8 Å². The molecule has 2 aliphatic rings. The number of hydrogen-bond acceptors (Lipinski definition) is 3. The number of nitrogens with zero attached hydrogens (tertiary/aromatic N) is 3. The molecule has 1 aromatic rings. The number of carbonyl (C=O) groups is 1. The predicted molar refractivity (Wildman–Crippen MR) is 86.3 cm³/mol. The minimum Gasteiger partial charge on any atom is -0.379 e. The smallest absolute Gasteiger partial charge is 0.319 e. The topological polar surface area (TPSA) is 37.7 Å². The monoisotopic (exact) mass is 341 g/mol. The Morgan fingerprint density at radius 1 is 1.29 bits per heavy atom. The van der Waals surface area contributed by atoms with Crippen molar-refractivity contribution in [1.29, 1.82) is 0 Å². The first-order valence-corrected chi connectivity index (χ1v) is 8.61. The Bertz CT molecular complexity index is 570. The average Bonchev–Trinajstić information content (AvgIpc) is 2.97. The van der Waals surface area contributed by atoms with Crippen LogP contribution in [0.2, 0.25) is 0 Å². The van der Waals surface area contributed by atoms with E-state index < -0.39 is 6.55 Å². The Hall–Kier alpha value is -1.47. The van der Waals surface area contributed by atoms with Crippen molar-refractivity contribution in [2.45, 2.75) is 26.3 Å². The standard InChI is InChI=1S/C17H25F2N3O2/c1-13-4-5-15(22(13)17(18)19)16(23)21-6-2-3-14(12-21)11-20-7-9-24-10-8-20/h4-5,14,17H,2-3,6-12H2,1H3. The zero-order valence-corrected chi connectivity index (χ0v) is 14.1. The van der Waals surface area contributed by atoms with E-state index in [0.29, 0.717) is 24.7 Å². The molecule has 2 fully saturated rings. The maximum Gasteiger partial charge on any atom is 0.319 e. The molecule has 0 aliphatic carbocycles. The molecule has 0 radical (unpaired) electrons. The maximum absolute atomic E-state index is 13.2. The summed E-state index contributed by atoms with van der Waals surface area (Å²) in [5.74, 6) is 0.118. The van der Waals surface area contributed by atoms with Gasteiger partial charge in [-0.25, -0.2) is 0 Å². The summed E-state index contributed by atoms with van der Waals surface area (Å²) in [5, 5.41) is 0. The molecule has 5 nitrogen and oxygen atoms in total. The molecule has 0 aromatic carbocycles. The lowest BCUT2D eigenvalue weighted by molar-refractivity contribution is 0.0216. The zero-order chi connectivity index (χ0) is 17.1. The molecule has 134 valence electrons. The molecule has 0 N–H and O–H groups in total. The van der Waals surface area contributed by atoms with Crippen molar-refractivity contribution < 1.29 is 18.3 Å². The van der Waals surface area contributed by atoms with Gasteiger partial charge >= 0.3 is 6.55 Å². The van der Waals surface area contributed by atoms with E-state index in [1.54, 1.807) is 17.9 Å². The van der Waals surface area contributed by atoms with Crippen molar-refractivity contribution in [1.82, 2.24) is 14.4 Å². The predicted octanol–water partition coefficient (Wildman–Crippen LogP) is 2.38. The Morgan fingerprint density at radius 3 is 2.75 bits per heavy atom. The van der Waals surface area contributed by atoms with E-state index in [2.05, 4.69) is 4.90 Å². The van der Waals surface area contributed by atoms with E-state index in [-0.39, 0.29) is 11.6 Å². The zero-order valence-electron chi connectivity index (χ0n) is 14.1. The van der Waals surface area contributed by atoms with E-state index >= 15 is 0 Å². The molecule has 1 atom stereocenters. The Labute approximate surface area is 141 Å². The summed E-state index contributed by atoms with van der Waals surface area (Å²) in [5.41, 5.74) is 0.504. The molecule has 3 heterocycles. The van der Waals surface area contributed by atoms with Crippen LogP contribution in [0.4, 0.5) is 8.78 Å². The number of hydrogen-bond donors (Lipinski definition) is 0. The highest BCUT2D eigenvalue weighted by Crippen LogP contribution is 2.24. The van der Waals surface area contributed by atoms with E-state index in [1.807, 2.05) is 0 Å². The largest absolute Gasteiger partial charge is 0.379 e. The summed E-state index contributed by atoms with van der Waals surface area (Å²) in [4.78, 5) is 16.8. The van der Waals surface area contributed by atoms with Crippen molar-refractivity contribution in [2.24, 2.45) is 5.92 Å². The SMILES string of the molecule is Cc1ccc(C(=O)N2CCCC(CN3CCOCC3)C2)n1C(F)F. The van der Waals surface area contributed by atoms with Gasteiger partial charge in [0.1, 0.15) is 5.69 Å². The lowest BCUT2D eigenvalue weighted by Gasteiger charge is -2.36. The summed E-state index contributed by atoms with van der Waals surface area (Å²) in [7, 11) is 0. The number of likely N-dealkylation sites (tertiary alicyclic amines) is 1. The van der Waals surface area contributed by atoms with Crippen LogP contribution in [0.15, 0.2) is 12.1 Å². The van der Waals surface area contributed by atoms with Crippen molar-refractivity contribution in [3.8, 4) is 0 Å². The van der Waals surface area contributed by atoms with Gasteiger partial charge in [0.2, 0.25) is 0 Å². The van der Waals surface area contributed by atoms with Crippen LogP contribution < -0.4 is 0 Å². The van der Waals surface area contributed by atoms with Crippen molar-refractivity contribution in [3.05, 3.63) is 23.5 Å². The number of aryl methyl sites for hydroxylation is 1. The molecular weight excluding hydrogens is 316 g/mol. The van der Waals surface area contributed by atoms with Gasteiger partial charge in [-0.15, -0.1) is 0 Å². The molecular formula is C17H25F2N3O2. The van der Waals surface area contributed by atoms with Crippen LogP contribution in [0.25, 0.3) is 0 Å². The fourth-order valence-corrected chi connectivity index (χ4v) is 3.69. The summed E-state index contributed by atoms with van der Waals surface area (Å²) in [6.45, 7) is 4.52. The van der Waals surface area contributed by atoms with Crippen molar-refractivity contribution >= 4 is 5.91 Å². The highest BCUT2D eigenvalue weighted by molar-refractivity contribution is 5.93. The minimum atomic E-state index is -2.69. The number of aromatic nitrogens is 1. The highest BCUT2D eigenvalue weighted by atomic mass is 19.3. The van der Waals surface area contributed by atoms with Gasteiger partial charge in [0.05, 0.1) is 13.2 Å². The number of carbonyl (C=O) groups excluding carboxylic acids is 1. The fraction of sp³-hybridized carbons (Fsp3) is 0.706. The fourth-order valence-electron chi connectivity index (χ4n) is 3.69. The highest BCUT2D eigenvalue weighted by Gasteiger charge is 2.29. The molecule has 24 heavy (non-hydrogen) atoms. The van der Waals surface area contributed by atoms with Gasteiger partial charge in [-0.05, 0) is 37.8 Å². The molecule has 3 rings (SSSR count). The number of amides is 1. The van der Waals surface area contributed by atoms with Gasteiger partial charge in [-0.1, -0.05) is 0 Å². The molecule has 2 aliphatic heterocycles. The molecule has 0 bridgehead atoms. The number of morpholine rings is 1. The van der Waals surface area contributed by atoms with Gasteiger partial charge in [0, 0.05) is 38.4 Å². The van der Waals surface area contributed by atoms with Crippen molar-refractivity contribution in [3.63, 3.8) is 0 Å². The summed E-state index contributed by atoms with van der Waals surface area (Å²) < 4.78 is 32.6. The Balaban J connectivity index is 1.64. The van der Waals surface area contributed by atoms with Crippen LogP contribution in [-0.2, 0) is 4.74 Å².